The molecule has 4 nitrogen and oxygen atoms in total. The first kappa shape index (κ1) is 13.2. The molecule has 0 aromatic rings. The van der Waals surface area contributed by atoms with E-state index in [2.05, 4.69) is 4.84 Å². The molecule has 0 aromatic carbocycles. The number of hydrogen-bond donors (Lipinski definition) is 1. The van der Waals surface area contributed by atoms with Crippen molar-refractivity contribution in [3.63, 3.8) is 0 Å². The minimum Gasteiger partial charge on any atom is -0.378 e. The standard InChI is InChI=1S/C9H14F3NO3/c10-9(11,12)6-16-13-8(14)4-3-7-2-1-5-15-7/h7H,1-6H2,(H,13,14). The quantitative estimate of drug-likeness (QED) is 0.743. The Bertz CT molecular complexity index is 227. The number of nitrogens with one attached hydrogen (secondary N) is 1. The summed E-state index contributed by atoms with van der Waals surface area (Å²) < 4.78 is 40.2. The fourth-order valence-corrected chi connectivity index (χ4v) is 1.41. The maximum atomic E-state index is 11.6. The minimum atomic E-state index is -4.43. The molecule has 1 amide bonds. The minimum absolute atomic E-state index is 0.0494. The van der Waals surface area contributed by atoms with Crippen LogP contribution in [0.2, 0.25) is 0 Å². The van der Waals surface area contributed by atoms with E-state index < -0.39 is 18.7 Å². The number of hydrogen-bond acceptors (Lipinski definition) is 3. The van der Waals surface area contributed by atoms with E-state index >= 15 is 0 Å². The molecule has 1 aliphatic heterocycles. The number of rotatable bonds is 5. The van der Waals surface area contributed by atoms with Gasteiger partial charge in [0, 0.05) is 13.0 Å². The molecule has 0 bridgehead atoms. The third-order valence-corrected chi connectivity index (χ3v) is 2.14. The molecular weight excluding hydrogens is 227 g/mol. The summed E-state index contributed by atoms with van der Waals surface area (Å²) in [7, 11) is 0. The van der Waals surface area contributed by atoms with Crippen LogP contribution >= 0.6 is 0 Å². The zero-order chi connectivity index (χ0) is 12.0. The summed E-state index contributed by atoms with van der Waals surface area (Å²) in [4.78, 5) is 15.0. The van der Waals surface area contributed by atoms with Crippen LogP contribution in [0.4, 0.5) is 13.2 Å². The Kier molecular flexibility index (Phi) is 5.01. The van der Waals surface area contributed by atoms with E-state index in [1.54, 1.807) is 5.48 Å². The van der Waals surface area contributed by atoms with Crippen molar-refractivity contribution in [3.05, 3.63) is 0 Å². The molecule has 1 heterocycles. The van der Waals surface area contributed by atoms with Gasteiger partial charge in [-0.2, -0.15) is 13.2 Å². The molecule has 1 atom stereocenters. The molecule has 0 saturated carbocycles. The highest BCUT2D eigenvalue weighted by molar-refractivity contribution is 5.74. The van der Waals surface area contributed by atoms with Gasteiger partial charge in [0.25, 0.3) is 0 Å². The number of carbonyl (C=O) groups is 1. The molecule has 0 aromatic heterocycles. The molecule has 94 valence electrons. The lowest BCUT2D eigenvalue weighted by molar-refractivity contribution is -0.191. The number of alkyl halides is 3. The number of carbonyl (C=O) groups excluding carboxylic acids is 1. The highest BCUT2D eigenvalue weighted by Crippen LogP contribution is 2.17. The second kappa shape index (κ2) is 6.05. The second-order valence-electron chi connectivity index (χ2n) is 3.60. The number of hydroxylamine groups is 1. The second-order valence-corrected chi connectivity index (χ2v) is 3.60. The zero-order valence-corrected chi connectivity index (χ0v) is 8.68. The summed E-state index contributed by atoms with van der Waals surface area (Å²) >= 11 is 0. The maximum absolute atomic E-state index is 11.6. The molecule has 1 rings (SSSR count). The van der Waals surface area contributed by atoms with Crippen LogP contribution in [0.25, 0.3) is 0 Å². The van der Waals surface area contributed by atoms with Crippen LogP contribution in [0, 0.1) is 0 Å². The van der Waals surface area contributed by atoms with Gasteiger partial charge in [0.2, 0.25) is 5.91 Å². The van der Waals surface area contributed by atoms with Gasteiger partial charge in [-0.1, -0.05) is 0 Å². The molecule has 0 spiro atoms. The summed E-state index contributed by atoms with van der Waals surface area (Å²) in [5.74, 6) is -0.556. The zero-order valence-electron chi connectivity index (χ0n) is 8.68. The number of amides is 1. The Morgan fingerprint density at radius 1 is 1.50 bits per heavy atom. The van der Waals surface area contributed by atoms with Crippen molar-refractivity contribution in [2.24, 2.45) is 0 Å². The molecule has 1 fully saturated rings. The number of ether oxygens (including phenoxy) is 1. The third kappa shape index (κ3) is 5.92. The Morgan fingerprint density at radius 3 is 2.81 bits per heavy atom. The van der Waals surface area contributed by atoms with Gasteiger partial charge in [0.05, 0.1) is 6.10 Å². The first-order valence-electron chi connectivity index (χ1n) is 5.06. The van der Waals surface area contributed by atoms with E-state index in [9.17, 15) is 18.0 Å². The molecule has 1 aliphatic rings. The fraction of sp³-hybridized carbons (Fsp3) is 0.889. The molecule has 0 radical (unpaired) electrons. The molecule has 0 aliphatic carbocycles. The Balaban J connectivity index is 2.02. The van der Waals surface area contributed by atoms with Crippen molar-refractivity contribution >= 4 is 5.91 Å². The van der Waals surface area contributed by atoms with Crippen molar-refractivity contribution in [3.8, 4) is 0 Å². The van der Waals surface area contributed by atoms with Crippen LogP contribution in [0.1, 0.15) is 25.7 Å². The largest absolute Gasteiger partial charge is 0.414 e. The van der Waals surface area contributed by atoms with E-state index in [0.29, 0.717) is 13.0 Å². The Morgan fingerprint density at radius 2 is 2.25 bits per heavy atom. The highest BCUT2D eigenvalue weighted by atomic mass is 19.4. The monoisotopic (exact) mass is 241 g/mol. The van der Waals surface area contributed by atoms with Gasteiger partial charge in [-0.3, -0.25) is 9.63 Å². The first-order chi connectivity index (χ1) is 7.47. The van der Waals surface area contributed by atoms with E-state index in [0.717, 1.165) is 12.8 Å². The smallest absolute Gasteiger partial charge is 0.378 e. The SMILES string of the molecule is O=C(CCC1CCCO1)NOCC(F)(F)F. The Labute approximate surface area is 91.0 Å². The van der Waals surface area contributed by atoms with Crippen LogP contribution in [-0.4, -0.2) is 31.4 Å². The van der Waals surface area contributed by atoms with Crippen LogP contribution in [0.5, 0.6) is 0 Å². The normalized spacial score (nSPS) is 21.1. The predicted molar refractivity (Wildman–Crippen MR) is 48.4 cm³/mol. The lowest BCUT2D eigenvalue weighted by Crippen LogP contribution is -2.29. The summed E-state index contributed by atoms with van der Waals surface area (Å²) in [6.45, 7) is -0.782. The van der Waals surface area contributed by atoms with Crippen LogP contribution in [-0.2, 0) is 14.4 Å². The topological polar surface area (TPSA) is 47.6 Å². The average Bonchev–Trinajstić information content (AvgIpc) is 2.65. The summed E-state index contributed by atoms with van der Waals surface area (Å²) in [6.07, 6.45) is -1.88. The van der Waals surface area contributed by atoms with Gasteiger partial charge < -0.3 is 4.74 Å². The fourth-order valence-electron chi connectivity index (χ4n) is 1.41. The predicted octanol–water partition coefficient (Wildman–Crippen LogP) is 1.56. The molecular formula is C9H14F3NO3. The molecule has 1 N–H and O–H groups in total. The maximum Gasteiger partial charge on any atom is 0.414 e. The van der Waals surface area contributed by atoms with E-state index in [-0.39, 0.29) is 12.5 Å². The summed E-state index contributed by atoms with van der Waals surface area (Å²) in [5.41, 5.74) is 1.75. The van der Waals surface area contributed by atoms with E-state index in [4.69, 9.17) is 4.74 Å². The van der Waals surface area contributed by atoms with Crippen LogP contribution in [0.3, 0.4) is 0 Å². The van der Waals surface area contributed by atoms with E-state index in [1.807, 2.05) is 0 Å². The van der Waals surface area contributed by atoms with Crippen molar-refractivity contribution in [1.29, 1.82) is 0 Å². The van der Waals surface area contributed by atoms with Crippen molar-refractivity contribution in [2.75, 3.05) is 13.2 Å². The molecule has 1 unspecified atom stereocenters. The molecule has 16 heavy (non-hydrogen) atoms. The van der Waals surface area contributed by atoms with Gasteiger partial charge in [-0.05, 0) is 19.3 Å². The van der Waals surface area contributed by atoms with Crippen LogP contribution in [0.15, 0.2) is 0 Å². The van der Waals surface area contributed by atoms with Gasteiger partial charge in [-0.25, -0.2) is 5.48 Å². The average molecular weight is 241 g/mol. The van der Waals surface area contributed by atoms with Crippen molar-refractivity contribution in [2.45, 2.75) is 38.0 Å². The highest BCUT2D eigenvalue weighted by Gasteiger charge is 2.28. The van der Waals surface area contributed by atoms with Gasteiger partial charge in [0.15, 0.2) is 6.61 Å². The number of halogens is 3. The summed E-state index contributed by atoms with van der Waals surface area (Å²) in [5, 5.41) is 0. The summed E-state index contributed by atoms with van der Waals surface area (Å²) in [6, 6.07) is 0. The molecule has 1 saturated heterocycles. The van der Waals surface area contributed by atoms with Gasteiger partial charge in [0.1, 0.15) is 0 Å². The van der Waals surface area contributed by atoms with E-state index in [1.165, 1.54) is 0 Å². The Hall–Kier alpha value is -0.820. The lowest BCUT2D eigenvalue weighted by Gasteiger charge is -2.10. The lowest BCUT2D eigenvalue weighted by atomic mass is 10.1. The van der Waals surface area contributed by atoms with Crippen molar-refractivity contribution in [1.82, 2.24) is 5.48 Å². The third-order valence-electron chi connectivity index (χ3n) is 2.14. The first-order valence-corrected chi connectivity index (χ1v) is 5.06. The van der Waals surface area contributed by atoms with Gasteiger partial charge in [-0.15, -0.1) is 0 Å². The van der Waals surface area contributed by atoms with Crippen molar-refractivity contribution < 1.29 is 27.5 Å². The van der Waals surface area contributed by atoms with Crippen LogP contribution < -0.4 is 5.48 Å². The molecule has 7 heteroatoms. The van der Waals surface area contributed by atoms with Gasteiger partial charge >= 0.3 is 6.18 Å².